The van der Waals surface area contributed by atoms with Crippen LogP contribution >= 0.6 is 0 Å². The minimum atomic E-state index is -1.29. The summed E-state index contributed by atoms with van der Waals surface area (Å²) in [5.74, 6) is 1.13. The predicted molar refractivity (Wildman–Crippen MR) is 169 cm³/mol. The quantitative estimate of drug-likeness (QED) is 0.238. The first kappa shape index (κ1) is 34.9. The number of likely N-dealkylation sites (tertiary alicyclic amines) is 1. The van der Waals surface area contributed by atoms with Gasteiger partial charge in [-0.1, -0.05) is 66.2 Å². The number of carbonyl (C=O) groups is 3. The van der Waals surface area contributed by atoms with Crippen LogP contribution in [-0.4, -0.2) is 68.8 Å². The molecule has 2 heterocycles. The molecule has 1 aromatic carbocycles. The molecule has 1 aromatic heterocycles. The van der Waals surface area contributed by atoms with Gasteiger partial charge in [-0.15, -0.1) is 0 Å². The largest absolute Gasteiger partial charge is 0.497 e. The first-order valence-corrected chi connectivity index (χ1v) is 15.9. The number of carbonyl (C=O) groups excluding carboxylic acids is 1. The van der Waals surface area contributed by atoms with E-state index in [0.29, 0.717) is 25.1 Å². The standard InChI is InChI=1S/C21H30N2O2.C12H20N2O5/c1-3-15-9-10-16(13-15)7-5-4-6-8-19-21(24)23-20-14-17(25-2)11-12-18(20)22-19;1-12(2,3)8(13-11(18)19)9(15)14-6-4-5-7(14)10(16)17/h11-12,14-16H,3-10,13H2,1-2H3,(H,23,24);7-8,13H,4-6H2,1-3H3,(H,16,17)(H,18,19)/t15-,16?;7?,8-/m11/s1. The summed E-state index contributed by atoms with van der Waals surface area (Å²) in [6.07, 6.45) is 11.0. The molecule has 11 nitrogen and oxygen atoms in total. The van der Waals surface area contributed by atoms with Gasteiger partial charge >= 0.3 is 12.1 Å². The molecule has 2 aliphatic rings. The highest BCUT2D eigenvalue weighted by Gasteiger charge is 2.41. The van der Waals surface area contributed by atoms with Crippen molar-refractivity contribution in [1.82, 2.24) is 20.2 Å². The molecule has 2 aromatic rings. The molecule has 0 spiro atoms. The van der Waals surface area contributed by atoms with Crippen molar-refractivity contribution in [3.8, 4) is 5.75 Å². The van der Waals surface area contributed by atoms with E-state index >= 15 is 0 Å². The summed E-state index contributed by atoms with van der Waals surface area (Å²) in [4.78, 5) is 55.2. The number of aromatic nitrogens is 2. The van der Waals surface area contributed by atoms with Gasteiger partial charge in [0.05, 0.1) is 18.1 Å². The smallest absolute Gasteiger partial charge is 0.405 e. The molecule has 244 valence electrons. The van der Waals surface area contributed by atoms with Gasteiger partial charge < -0.3 is 30.2 Å². The monoisotopic (exact) mass is 614 g/mol. The maximum atomic E-state index is 12.4. The Labute approximate surface area is 259 Å². The molecule has 2 unspecified atom stereocenters. The topological polar surface area (TPSA) is 162 Å². The Morgan fingerprint density at radius 2 is 1.84 bits per heavy atom. The Bertz CT molecular complexity index is 1340. The number of hydrogen-bond donors (Lipinski definition) is 4. The van der Waals surface area contributed by atoms with Crippen LogP contribution in [0.25, 0.3) is 11.0 Å². The van der Waals surface area contributed by atoms with Crippen LogP contribution in [0.15, 0.2) is 23.0 Å². The normalized spacial score (nSPS) is 20.6. The first-order chi connectivity index (χ1) is 20.8. The summed E-state index contributed by atoms with van der Waals surface area (Å²) in [7, 11) is 1.62. The highest BCUT2D eigenvalue weighted by Crippen LogP contribution is 2.35. The van der Waals surface area contributed by atoms with Gasteiger partial charge in [0.2, 0.25) is 5.91 Å². The number of hydrogen-bond acceptors (Lipinski definition) is 6. The van der Waals surface area contributed by atoms with Crippen LogP contribution in [0.1, 0.15) is 97.6 Å². The van der Waals surface area contributed by atoms with E-state index in [0.717, 1.165) is 41.5 Å². The van der Waals surface area contributed by atoms with Crippen LogP contribution in [0, 0.1) is 17.3 Å². The van der Waals surface area contributed by atoms with Gasteiger partial charge in [-0.25, -0.2) is 14.6 Å². The van der Waals surface area contributed by atoms with Crippen LogP contribution < -0.4 is 15.6 Å². The van der Waals surface area contributed by atoms with Gasteiger partial charge in [-0.3, -0.25) is 9.59 Å². The van der Waals surface area contributed by atoms with E-state index in [9.17, 15) is 19.2 Å². The Balaban J connectivity index is 0.000000251. The number of unbranched alkanes of at least 4 members (excludes halogenated alkanes) is 2. The van der Waals surface area contributed by atoms with Crippen molar-refractivity contribution in [2.45, 2.75) is 110 Å². The number of benzene rings is 1. The molecule has 1 saturated carbocycles. The lowest BCUT2D eigenvalue weighted by molar-refractivity contribution is -0.150. The third-order valence-electron chi connectivity index (χ3n) is 8.92. The molecule has 2 fully saturated rings. The van der Waals surface area contributed by atoms with E-state index in [4.69, 9.17) is 14.9 Å². The average molecular weight is 615 g/mol. The van der Waals surface area contributed by atoms with E-state index in [2.05, 4.69) is 22.2 Å². The lowest BCUT2D eigenvalue weighted by Gasteiger charge is -2.34. The van der Waals surface area contributed by atoms with Gasteiger partial charge in [0.1, 0.15) is 23.5 Å². The number of rotatable bonds is 11. The van der Waals surface area contributed by atoms with Crippen molar-refractivity contribution in [3.63, 3.8) is 0 Å². The van der Waals surface area contributed by atoms with Gasteiger partial charge in [0, 0.05) is 12.6 Å². The molecule has 4 rings (SSSR count). The summed E-state index contributed by atoms with van der Waals surface area (Å²) in [6.45, 7) is 7.87. The Kier molecular flexibility index (Phi) is 12.6. The number of carboxylic acids is 1. The first-order valence-electron chi connectivity index (χ1n) is 15.9. The van der Waals surface area contributed by atoms with Gasteiger partial charge in [-0.05, 0) is 61.5 Å². The summed E-state index contributed by atoms with van der Waals surface area (Å²) >= 11 is 0. The fourth-order valence-electron chi connectivity index (χ4n) is 6.34. The van der Waals surface area contributed by atoms with E-state index in [1.165, 1.54) is 49.8 Å². The van der Waals surface area contributed by atoms with Crippen molar-refractivity contribution in [1.29, 1.82) is 0 Å². The van der Waals surface area contributed by atoms with Crippen LogP contribution in [0.5, 0.6) is 5.75 Å². The number of aryl methyl sites for hydroxylation is 1. The summed E-state index contributed by atoms with van der Waals surface area (Å²) in [5, 5.41) is 20.1. The third kappa shape index (κ3) is 9.69. The van der Waals surface area contributed by atoms with Gasteiger partial charge in [0.15, 0.2) is 0 Å². The maximum Gasteiger partial charge on any atom is 0.405 e. The highest BCUT2D eigenvalue weighted by atomic mass is 16.5. The average Bonchev–Trinajstić information content (AvgIpc) is 3.65. The van der Waals surface area contributed by atoms with Gasteiger partial charge in [-0.2, -0.15) is 0 Å². The number of ether oxygens (including phenoxy) is 1. The second kappa shape index (κ2) is 15.9. The minimum Gasteiger partial charge on any atom is -0.497 e. The van der Waals surface area contributed by atoms with Crippen molar-refractivity contribution < 1.29 is 29.3 Å². The SMILES string of the molecule is CC(C)(C)[C@H](NC(=O)O)C(=O)N1CCCC1C(=O)O.CC[C@@H]1CCC(CCCCCc2nc3ccc(OC)cc3[nH]c2=O)C1. The minimum absolute atomic E-state index is 0.0673. The molecule has 1 aliphatic carbocycles. The lowest BCUT2D eigenvalue weighted by Crippen LogP contribution is -2.56. The van der Waals surface area contributed by atoms with Gasteiger partial charge in [0.25, 0.3) is 5.56 Å². The van der Waals surface area contributed by atoms with E-state index < -0.39 is 35.5 Å². The molecule has 11 heteroatoms. The zero-order valence-corrected chi connectivity index (χ0v) is 26.9. The molecule has 0 bridgehead atoms. The summed E-state index contributed by atoms with van der Waals surface area (Å²) in [5.41, 5.74) is 1.53. The maximum absolute atomic E-state index is 12.4. The molecule has 0 radical (unpaired) electrons. The number of fused-ring (bicyclic) bond motifs is 1. The van der Waals surface area contributed by atoms with Crippen LogP contribution in [0.3, 0.4) is 0 Å². The molecular weight excluding hydrogens is 564 g/mol. The highest BCUT2D eigenvalue weighted by molar-refractivity contribution is 5.90. The number of nitrogens with zero attached hydrogens (tertiary/aromatic N) is 2. The van der Waals surface area contributed by atoms with Crippen molar-refractivity contribution in [2.75, 3.05) is 13.7 Å². The zero-order chi connectivity index (χ0) is 32.4. The fraction of sp³-hybridized carbons (Fsp3) is 0.667. The molecule has 44 heavy (non-hydrogen) atoms. The Hall–Kier alpha value is -3.63. The molecule has 1 aliphatic heterocycles. The van der Waals surface area contributed by atoms with Crippen molar-refractivity contribution >= 4 is 29.0 Å². The number of methoxy groups -OCH3 is 1. The molecule has 4 atom stereocenters. The van der Waals surface area contributed by atoms with Crippen LogP contribution in [0.4, 0.5) is 4.79 Å². The Morgan fingerprint density at radius 3 is 2.45 bits per heavy atom. The number of aliphatic carboxylic acids is 1. The Morgan fingerprint density at radius 1 is 1.11 bits per heavy atom. The fourth-order valence-corrected chi connectivity index (χ4v) is 6.34. The summed E-state index contributed by atoms with van der Waals surface area (Å²) < 4.78 is 5.19. The summed E-state index contributed by atoms with van der Waals surface area (Å²) in [6, 6.07) is 3.79. The van der Waals surface area contributed by atoms with Crippen molar-refractivity contribution in [2.24, 2.45) is 17.3 Å². The lowest BCUT2D eigenvalue weighted by atomic mass is 9.85. The van der Waals surface area contributed by atoms with E-state index in [-0.39, 0.29) is 5.56 Å². The van der Waals surface area contributed by atoms with E-state index in [1.54, 1.807) is 27.9 Å². The zero-order valence-electron chi connectivity index (χ0n) is 26.9. The molecule has 4 N–H and O–H groups in total. The second-order valence-electron chi connectivity index (χ2n) is 13.2. The molecule has 2 amide bonds. The van der Waals surface area contributed by atoms with Crippen LogP contribution in [0.2, 0.25) is 0 Å². The van der Waals surface area contributed by atoms with E-state index in [1.807, 2.05) is 18.2 Å². The third-order valence-corrected chi connectivity index (χ3v) is 8.92. The molecule has 1 saturated heterocycles. The van der Waals surface area contributed by atoms with Crippen LogP contribution in [-0.2, 0) is 16.0 Å². The predicted octanol–water partition coefficient (Wildman–Crippen LogP) is 5.61. The number of H-pyrrole nitrogens is 1. The molecular formula is C33H50N4O7. The van der Waals surface area contributed by atoms with Crippen molar-refractivity contribution in [3.05, 3.63) is 34.2 Å². The number of carboxylic acid groups (broad SMARTS) is 2. The number of aromatic amines is 1. The second-order valence-corrected chi connectivity index (χ2v) is 13.2. The number of amides is 2. The number of nitrogens with one attached hydrogen (secondary N) is 2.